The fourth-order valence-electron chi connectivity index (χ4n) is 6.77. The molecule has 210 valence electrons. The molecule has 0 aliphatic rings. The molecule has 0 aliphatic heterocycles. The Kier molecular flexibility index (Phi) is 5.12. The van der Waals surface area contributed by atoms with E-state index in [0.717, 1.165) is 64.7 Å². The molecule has 4 aromatic heterocycles. The zero-order valence-electron chi connectivity index (χ0n) is 23.9. The van der Waals surface area contributed by atoms with Crippen LogP contribution >= 0.6 is 11.3 Å². The van der Waals surface area contributed by atoms with Crippen molar-refractivity contribution in [2.24, 2.45) is 0 Å². The van der Waals surface area contributed by atoms with E-state index in [-0.39, 0.29) is 0 Å². The summed E-state index contributed by atoms with van der Waals surface area (Å²) in [4.78, 5) is 10.6. The highest BCUT2D eigenvalue weighted by atomic mass is 32.1. The molecule has 0 fully saturated rings. The van der Waals surface area contributed by atoms with E-state index in [1.165, 1.54) is 21.8 Å². The normalized spacial score (nSPS) is 12.0. The van der Waals surface area contributed by atoms with Crippen LogP contribution in [0.15, 0.2) is 144 Å². The molecule has 4 heterocycles. The van der Waals surface area contributed by atoms with Gasteiger partial charge in [0.05, 0.1) is 26.9 Å². The van der Waals surface area contributed by atoms with E-state index in [1.807, 2.05) is 18.2 Å². The van der Waals surface area contributed by atoms with Crippen LogP contribution in [0.25, 0.3) is 92.4 Å². The van der Waals surface area contributed by atoms with Gasteiger partial charge in [-0.1, -0.05) is 97.1 Å². The van der Waals surface area contributed by atoms with Gasteiger partial charge in [-0.05, 0) is 42.5 Å². The molecule has 4 nitrogen and oxygen atoms in total. The molecule has 0 amide bonds. The minimum atomic E-state index is 0.709. The fraction of sp³-hybridized carbons (Fsp3) is 0. The highest BCUT2D eigenvalue weighted by Gasteiger charge is 2.19. The van der Waals surface area contributed by atoms with Crippen molar-refractivity contribution in [2.75, 3.05) is 0 Å². The number of aromatic nitrogens is 3. The van der Waals surface area contributed by atoms with Crippen LogP contribution in [0.1, 0.15) is 0 Å². The van der Waals surface area contributed by atoms with Crippen molar-refractivity contribution in [3.63, 3.8) is 0 Å². The molecule has 6 aromatic carbocycles. The van der Waals surface area contributed by atoms with Gasteiger partial charge in [0.2, 0.25) is 0 Å². The Morgan fingerprint density at radius 1 is 0.511 bits per heavy atom. The molecule has 0 bridgehead atoms. The van der Waals surface area contributed by atoms with E-state index < -0.39 is 0 Å². The summed E-state index contributed by atoms with van der Waals surface area (Å²) in [5, 5.41) is 5.82. The van der Waals surface area contributed by atoms with Crippen LogP contribution in [0.5, 0.6) is 0 Å². The Labute approximate surface area is 261 Å². The van der Waals surface area contributed by atoms with E-state index >= 15 is 0 Å². The van der Waals surface area contributed by atoms with Gasteiger partial charge < -0.3 is 8.98 Å². The van der Waals surface area contributed by atoms with Gasteiger partial charge in [0.15, 0.2) is 5.82 Å². The van der Waals surface area contributed by atoms with Gasteiger partial charge in [-0.25, -0.2) is 9.97 Å². The summed E-state index contributed by atoms with van der Waals surface area (Å²) in [5.41, 5.74) is 9.19. The van der Waals surface area contributed by atoms with E-state index in [1.54, 1.807) is 11.3 Å². The molecule has 10 aromatic rings. The first kappa shape index (κ1) is 24.6. The fourth-order valence-corrected chi connectivity index (χ4v) is 7.93. The Hall–Kier alpha value is -5.78. The number of thiophene rings is 1. The van der Waals surface area contributed by atoms with Gasteiger partial charge in [0.25, 0.3) is 0 Å². The molecule has 0 aliphatic carbocycles. The summed E-state index contributed by atoms with van der Waals surface area (Å²) >= 11 is 1.73. The third-order valence-corrected chi connectivity index (χ3v) is 9.95. The number of para-hydroxylation sites is 3. The zero-order chi connectivity index (χ0) is 29.5. The van der Waals surface area contributed by atoms with Crippen molar-refractivity contribution < 1.29 is 4.42 Å². The van der Waals surface area contributed by atoms with E-state index in [2.05, 4.69) is 126 Å². The number of benzene rings is 6. The number of nitrogens with zero attached hydrogens (tertiary/aromatic N) is 3. The van der Waals surface area contributed by atoms with Crippen LogP contribution in [-0.2, 0) is 0 Å². The number of fused-ring (bicyclic) bond motifs is 9. The third-order valence-electron chi connectivity index (χ3n) is 8.80. The molecule has 0 saturated heterocycles. The zero-order valence-corrected chi connectivity index (χ0v) is 24.8. The van der Waals surface area contributed by atoms with Crippen molar-refractivity contribution in [3.05, 3.63) is 140 Å². The smallest absolute Gasteiger partial charge is 0.160 e. The third kappa shape index (κ3) is 3.65. The van der Waals surface area contributed by atoms with Crippen LogP contribution in [0.2, 0.25) is 0 Å². The second-order valence-electron chi connectivity index (χ2n) is 11.4. The predicted octanol–water partition coefficient (Wildman–Crippen LogP) is 11.2. The minimum Gasteiger partial charge on any atom is -0.456 e. The lowest BCUT2D eigenvalue weighted by molar-refractivity contribution is 0.669. The van der Waals surface area contributed by atoms with Crippen molar-refractivity contribution >= 4 is 75.4 Å². The van der Waals surface area contributed by atoms with Crippen molar-refractivity contribution in [1.82, 2.24) is 14.5 Å². The Balaban J connectivity index is 1.24. The van der Waals surface area contributed by atoms with Crippen LogP contribution in [-0.4, -0.2) is 14.5 Å². The van der Waals surface area contributed by atoms with Gasteiger partial charge in [-0.3, -0.25) is 0 Å². The highest BCUT2D eigenvalue weighted by molar-refractivity contribution is 7.26. The molecular weight excluding hydrogens is 571 g/mol. The molecule has 0 radical (unpaired) electrons. The van der Waals surface area contributed by atoms with Crippen LogP contribution in [0.3, 0.4) is 0 Å². The largest absolute Gasteiger partial charge is 0.456 e. The summed E-state index contributed by atoms with van der Waals surface area (Å²) in [7, 11) is 0. The number of furan rings is 1. The van der Waals surface area contributed by atoms with Crippen molar-refractivity contribution in [2.45, 2.75) is 0 Å². The number of hydrogen-bond acceptors (Lipinski definition) is 4. The predicted molar refractivity (Wildman–Crippen MR) is 187 cm³/mol. The molecule has 0 saturated carbocycles. The SMILES string of the molecule is c1ccc(-c2nc(-c3cccc(-n4c5ccccc5c5ccccc54)c3)nc3c2sc2cc4oc5ccccc5c4cc23)cc1. The van der Waals surface area contributed by atoms with Crippen LogP contribution < -0.4 is 0 Å². The lowest BCUT2D eigenvalue weighted by Crippen LogP contribution is -1.97. The maximum atomic E-state index is 6.24. The molecular formula is C40H23N3OS. The van der Waals surface area contributed by atoms with E-state index in [9.17, 15) is 0 Å². The molecule has 45 heavy (non-hydrogen) atoms. The first-order valence-corrected chi connectivity index (χ1v) is 15.8. The standard InChI is InChI=1S/C40H23N3OS/c1-2-11-24(12-3-1)37-39-38(31-22-30-29-17-6-9-20-34(29)44-35(30)23-36(31)45-39)42-40(41-37)25-13-10-14-26(21-25)43-32-18-7-4-15-27(32)28-16-5-8-19-33(28)43/h1-23H. The lowest BCUT2D eigenvalue weighted by atomic mass is 10.1. The van der Waals surface area contributed by atoms with Gasteiger partial charge >= 0.3 is 0 Å². The van der Waals surface area contributed by atoms with Gasteiger partial charge in [0, 0.05) is 48.4 Å². The molecule has 0 spiro atoms. The van der Waals surface area contributed by atoms with Gasteiger partial charge in [-0.2, -0.15) is 0 Å². The minimum absolute atomic E-state index is 0.709. The first-order valence-electron chi connectivity index (χ1n) is 15.0. The first-order chi connectivity index (χ1) is 22.3. The average Bonchev–Trinajstić information content (AvgIpc) is 3.76. The summed E-state index contributed by atoms with van der Waals surface area (Å²) in [5.74, 6) is 0.709. The highest BCUT2D eigenvalue weighted by Crippen LogP contribution is 2.43. The van der Waals surface area contributed by atoms with Gasteiger partial charge in [-0.15, -0.1) is 11.3 Å². The molecule has 5 heteroatoms. The molecule has 0 atom stereocenters. The summed E-state index contributed by atoms with van der Waals surface area (Å²) in [6.07, 6.45) is 0. The Morgan fingerprint density at radius 2 is 1.20 bits per heavy atom. The second-order valence-corrected chi connectivity index (χ2v) is 12.5. The monoisotopic (exact) mass is 593 g/mol. The lowest BCUT2D eigenvalue weighted by Gasteiger charge is -2.11. The van der Waals surface area contributed by atoms with Gasteiger partial charge in [0.1, 0.15) is 11.2 Å². The molecule has 0 unspecified atom stereocenters. The maximum absolute atomic E-state index is 6.24. The molecule has 10 rings (SSSR count). The number of hydrogen-bond donors (Lipinski definition) is 0. The van der Waals surface area contributed by atoms with E-state index in [0.29, 0.717) is 5.82 Å². The Morgan fingerprint density at radius 3 is 2.00 bits per heavy atom. The maximum Gasteiger partial charge on any atom is 0.160 e. The summed E-state index contributed by atoms with van der Waals surface area (Å²) < 4.78 is 10.8. The quantitative estimate of drug-likeness (QED) is 0.205. The van der Waals surface area contributed by atoms with E-state index in [4.69, 9.17) is 14.4 Å². The van der Waals surface area contributed by atoms with Crippen molar-refractivity contribution in [1.29, 1.82) is 0 Å². The molecule has 0 N–H and O–H groups in total. The second kappa shape index (κ2) is 9.36. The number of rotatable bonds is 3. The topological polar surface area (TPSA) is 43.9 Å². The summed E-state index contributed by atoms with van der Waals surface area (Å²) in [6, 6.07) is 48.9. The van der Waals surface area contributed by atoms with Crippen molar-refractivity contribution in [3.8, 4) is 28.3 Å². The van der Waals surface area contributed by atoms with Crippen LogP contribution in [0.4, 0.5) is 0 Å². The van der Waals surface area contributed by atoms with Crippen LogP contribution in [0, 0.1) is 0 Å². The Bertz CT molecular complexity index is 2720. The average molecular weight is 594 g/mol. The summed E-state index contributed by atoms with van der Waals surface area (Å²) in [6.45, 7) is 0.